The van der Waals surface area contributed by atoms with E-state index in [0.717, 1.165) is 5.56 Å². The van der Waals surface area contributed by atoms with Crippen LogP contribution in [0.1, 0.15) is 44.4 Å². The molecular weight excluding hydrogens is 398 g/mol. The average Bonchev–Trinajstić information content (AvgIpc) is 2.55. The Hall–Kier alpha value is -1.93. The summed E-state index contributed by atoms with van der Waals surface area (Å²) in [7, 11) is -3.70. The van der Waals surface area contributed by atoms with E-state index in [9.17, 15) is 13.2 Å². The first kappa shape index (κ1) is 24.1. The van der Waals surface area contributed by atoms with Crippen LogP contribution < -0.4 is 15.8 Å². The van der Waals surface area contributed by atoms with Crippen molar-refractivity contribution < 1.29 is 13.2 Å². The number of amides is 1. The summed E-state index contributed by atoms with van der Waals surface area (Å²) in [4.78, 5) is 12.5. The third-order valence-corrected chi connectivity index (χ3v) is 5.73. The summed E-state index contributed by atoms with van der Waals surface area (Å²) >= 11 is 0. The Morgan fingerprint density at radius 1 is 1.11 bits per heavy atom. The van der Waals surface area contributed by atoms with Gasteiger partial charge < -0.3 is 11.1 Å². The van der Waals surface area contributed by atoms with Crippen LogP contribution in [0, 0.1) is 6.92 Å². The lowest BCUT2D eigenvalue weighted by molar-refractivity contribution is -0.116. The van der Waals surface area contributed by atoms with Crippen molar-refractivity contribution in [2.75, 3.05) is 5.32 Å². The van der Waals surface area contributed by atoms with Crippen LogP contribution in [0.15, 0.2) is 53.4 Å². The second-order valence-corrected chi connectivity index (χ2v) is 9.26. The van der Waals surface area contributed by atoms with E-state index < -0.39 is 21.6 Å². The Labute approximate surface area is 173 Å². The molecule has 0 aliphatic rings. The van der Waals surface area contributed by atoms with E-state index in [0.29, 0.717) is 11.3 Å². The highest BCUT2D eigenvalue weighted by Crippen LogP contribution is 2.22. The highest BCUT2D eigenvalue weighted by Gasteiger charge is 2.24. The van der Waals surface area contributed by atoms with Crippen molar-refractivity contribution in [2.24, 2.45) is 5.73 Å². The third-order valence-electron chi connectivity index (χ3n) is 3.84. The number of carbonyl (C=O) groups is 1. The van der Waals surface area contributed by atoms with Gasteiger partial charge in [-0.1, -0.05) is 36.4 Å². The minimum absolute atomic E-state index is 0. The molecule has 0 saturated carbocycles. The first-order valence-corrected chi connectivity index (χ1v) is 10.2. The Balaban J connectivity index is 0.00000392. The summed E-state index contributed by atoms with van der Waals surface area (Å²) in [5.74, 6) is -0.276. The average molecular weight is 426 g/mol. The van der Waals surface area contributed by atoms with Crippen LogP contribution in [0.2, 0.25) is 0 Å². The van der Waals surface area contributed by atoms with Crippen LogP contribution in [0.4, 0.5) is 5.69 Å². The van der Waals surface area contributed by atoms with Gasteiger partial charge in [-0.3, -0.25) is 4.79 Å². The van der Waals surface area contributed by atoms with Gasteiger partial charge in [-0.2, -0.15) is 0 Å². The molecule has 0 spiro atoms. The molecular formula is C20H28ClN3O3S. The van der Waals surface area contributed by atoms with E-state index in [1.54, 1.807) is 39.8 Å². The number of anilines is 1. The first-order valence-electron chi connectivity index (χ1n) is 8.73. The summed E-state index contributed by atoms with van der Waals surface area (Å²) < 4.78 is 27.9. The lowest BCUT2D eigenvalue weighted by Gasteiger charge is -2.21. The monoisotopic (exact) mass is 425 g/mol. The normalized spacial score (nSPS) is 12.8. The number of hydrogen-bond acceptors (Lipinski definition) is 4. The number of sulfonamides is 1. The fraction of sp³-hybridized carbons (Fsp3) is 0.350. The predicted octanol–water partition coefficient (Wildman–Crippen LogP) is 3.52. The third kappa shape index (κ3) is 6.91. The van der Waals surface area contributed by atoms with E-state index >= 15 is 0 Å². The Morgan fingerprint density at radius 3 is 2.29 bits per heavy atom. The smallest absolute Gasteiger partial charge is 0.241 e. The van der Waals surface area contributed by atoms with Gasteiger partial charge in [-0.25, -0.2) is 13.1 Å². The van der Waals surface area contributed by atoms with Crippen molar-refractivity contribution in [2.45, 2.75) is 50.6 Å². The molecule has 154 valence electrons. The van der Waals surface area contributed by atoms with Crippen LogP contribution in [0.3, 0.4) is 0 Å². The highest BCUT2D eigenvalue weighted by molar-refractivity contribution is 7.89. The van der Waals surface area contributed by atoms with E-state index in [1.165, 1.54) is 6.07 Å². The molecule has 0 saturated heterocycles. The van der Waals surface area contributed by atoms with Crippen LogP contribution >= 0.6 is 12.4 Å². The first-order chi connectivity index (χ1) is 12.5. The van der Waals surface area contributed by atoms with Gasteiger partial charge in [-0.05, 0) is 51.0 Å². The van der Waals surface area contributed by atoms with E-state index in [-0.39, 0.29) is 29.6 Å². The SMILES string of the molecule is Cc1ccc(NC(=O)CC(N)c2ccccc2)cc1S(=O)(=O)NC(C)(C)C.Cl. The van der Waals surface area contributed by atoms with Crippen molar-refractivity contribution in [1.82, 2.24) is 4.72 Å². The van der Waals surface area contributed by atoms with Gasteiger partial charge >= 0.3 is 0 Å². The number of aryl methyl sites for hydroxylation is 1. The molecule has 4 N–H and O–H groups in total. The zero-order valence-electron chi connectivity index (χ0n) is 16.5. The largest absolute Gasteiger partial charge is 0.326 e. The maximum atomic E-state index is 12.6. The summed E-state index contributed by atoms with van der Waals surface area (Å²) in [6.07, 6.45) is 0.0974. The van der Waals surface area contributed by atoms with Crippen LogP contribution in [-0.4, -0.2) is 19.9 Å². The Kier molecular flexibility index (Phi) is 8.19. The van der Waals surface area contributed by atoms with Gasteiger partial charge in [-0.15, -0.1) is 12.4 Å². The molecule has 2 aromatic rings. The zero-order chi connectivity index (χ0) is 20.2. The Bertz CT molecular complexity index is 910. The van der Waals surface area contributed by atoms with E-state index in [2.05, 4.69) is 10.0 Å². The number of nitrogens with two attached hydrogens (primary N) is 1. The number of benzene rings is 2. The summed E-state index contributed by atoms with van der Waals surface area (Å²) in [6.45, 7) is 7.04. The molecule has 0 heterocycles. The molecule has 1 atom stereocenters. The molecule has 0 bridgehead atoms. The van der Waals surface area contributed by atoms with Crippen molar-refractivity contribution >= 4 is 34.0 Å². The minimum Gasteiger partial charge on any atom is -0.326 e. The van der Waals surface area contributed by atoms with Gasteiger partial charge in [0.2, 0.25) is 15.9 Å². The van der Waals surface area contributed by atoms with Crippen LogP contribution in [-0.2, 0) is 14.8 Å². The van der Waals surface area contributed by atoms with Gasteiger partial charge in [0.25, 0.3) is 0 Å². The lowest BCUT2D eigenvalue weighted by Crippen LogP contribution is -2.40. The van der Waals surface area contributed by atoms with Crippen molar-refractivity contribution in [3.05, 3.63) is 59.7 Å². The standard InChI is InChI=1S/C20H27N3O3S.ClH/c1-14-10-11-16(12-18(14)27(25,26)23-20(2,3)4)22-19(24)13-17(21)15-8-6-5-7-9-15;/h5-12,17,23H,13,21H2,1-4H3,(H,22,24);1H. The molecule has 0 aliphatic heterocycles. The van der Waals surface area contributed by atoms with Crippen molar-refractivity contribution in [1.29, 1.82) is 0 Å². The molecule has 0 fully saturated rings. The topological polar surface area (TPSA) is 101 Å². The van der Waals surface area contributed by atoms with E-state index in [4.69, 9.17) is 5.73 Å². The van der Waals surface area contributed by atoms with Gasteiger partial charge in [0, 0.05) is 23.7 Å². The van der Waals surface area contributed by atoms with Gasteiger partial charge in [0.15, 0.2) is 0 Å². The molecule has 1 unspecified atom stereocenters. The fourth-order valence-corrected chi connectivity index (χ4v) is 4.35. The summed E-state index contributed by atoms with van der Waals surface area (Å²) in [5, 5.41) is 2.73. The fourth-order valence-electron chi connectivity index (χ4n) is 2.66. The Morgan fingerprint density at radius 2 is 1.71 bits per heavy atom. The van der Waals surface area contributed by atoms with Crippen LogP contribution in [0.25, 0.3) is 0 Å². The summed E-state index contributed by atoms with van der Waals surface area (Å²) in [6, 6.07) is 13.7. The predicted molar refractivity (Wildman–Crippen MR) is 115 cm³/mol. The lowest BCUT2D eigenvalue weighted by atomic mass is 10.0. The highest BCUT2D eigenvalue weighted by atomic mass is 35.5. The van der Waals surface area contributed by atoms with Crippen LogP contribution in [0.5, 0.6) is 0 Å². The number of halogens is 1. The second kappa shape index (κ2) is 9.52. The molecule has 8 heteroatoms. The molecule has 0 aliphatic carbocycles. The summed E-state index contributed by atoms with van der Waals surface area (Å²) in [5.41, 5.74) is 7.36. The maximum absolute atomic E-state index is 12.6. The molecule has 0 aromatic heterocycles. The molecule has 28 heavy (non-hydrogen) atoms. The van der Waals surface area contributed by atoms with E-state index in [1.807, 2.05) is 30.3 Å². The van der Waals surface area contributed by atoms with Crippen molar-refractivity contribution in [3.63, 3.8) is 0 Å². The minimum atomic E-state index is -3.70. The molecule has 6 nitrogen and oxygen atoms in total. The molecule has 2 rings (SSSR count). The molecule has 2 aromatic carbocycles. The number of hydrogen-bond donors (Lipinski definition) is 3. The molecule has 1 amide bonds. The second-order valence-electron chi connectivity index (χ2n) is 7.61. The quantitative estimate of drug-likeness (QED) is 0.658. The maximum Gasteiger partial charge on any atom is 0.241 e. The van der Waals surface area contributed by atoms with Gasteiger partial charge in [0.05, 0.1) is 4.90 Å². The number of carbonyl (C=O) groups excluding carboxylic acids is 1. The zero-order valence-corrected chi connectivity index (χ0v) is 18.2. The molecule has 0 radical (unpaired) electrons. The number of nitrogens with one attached hydrogen (secondary N) is 2. The van der Waals surface area contributed by atoms with Crippen molar-refractivity contribution in [3.8, 4) is 0 Å². The number of rotatable bonds is 6. The van der Waals surface area contributed by atoms with Gasteiger partial charge in [0.1, 0.15) is 0 Å².